The van der Waals surface area contributed by atoms with Crippen LogP contribution in [-0.2, 0) is 4.79 Å². The molecule has 1 aromatic carbocycles. The van der Waals surface area contributed by atoms with Gasteiger partial charge in [-0.15, -0.1) is 0 Å². The number of halogens is 2. The molecule has 0 spiro atoms. The lowest BCUT2D eigenvalue weighted by Crippen LogP contribution is -2.34. The fourth-order valence-corrected chi connectivity index (χ4v) is 4.21. The number of carbonyl (C=O) groups is 1. The second-order valence-corrected chi connectivity index (χ2v) is 8.15. The van der Waals surface area contributed by atoms with Crippen molar-refractivity contribution in [3.63, 3.8) is 0 Å². The SMILES string of the molecule is COc1cccc(NC2CCCC(C(=O)Nc3cc(-c4ccc(F)cc4OC)c(F)cn3)C2)n1. The third kappa shape index (κ3) is 5.41. The van der Waals surface area contributed by atoms with Gasteiger partial charge in [-0.05, 0) is 43.5 Å². The Kier molecular flexibility index (Phi) is 7.20. The van der Waals surface area contributed by atoms with Gasteiger partial charge in [0, 0.05) is 35.2 Å². The predicted molar refractivity (Wildman–Crippen MR) is 125 cm³/mol. The van der Waals surface area contributed by atoms with Gasteiger partial charge < -0.3 is 20.1 Å². The van der Waals surface area contributed by atoms with Gasteiger partial charge in [0.2, 0.25) is 11.8 Å². The van der Waals surface area contributed by atoms with Gasteiger partial charge in [0.25, 0.3) is 0 Å². The van der Waals surface area contributed by atoms with E-state index < -0.39 is 11.6 Å². The second-order valence-electron chi connectivity index (χ2n) is 8.15. The Morgan fingerprint density at radius 2 is 1.88 bits per heavy atom. The average molecular weight is 469 g/mol. The van der Waals surface area contributed by atoms with Gasteiger partial charge in [-0.2, -0.15) is 4.98 Å². The van der Waals surface area contributed by atoms with Crippen LogP contribution in [0.25, 0.3) is 11.1 Å². The van der Waals surface area contributed by atoms with Crippen LogP contribution in [0.5, 0.6) is 11.6 Å². The first kappa shape index (κ1) is 23.4. The van der Waals surface area contributed by atoms with E-state index in [0.29, 0.717) is 23.7 Å². The lowest BCUT2D eigenvalue weighted by Gasteiger charge is -2.29. The molecule has 1 fully saturated rings. The molecule has 4 rings (SSSR count). The maximum Gasteiger partial charge on any atom is 0.228 e. The average Bonchev–Trinajstić information content (AvgIpc) is 2.85. The summed E-state index contributed by atoms with van der Waals surface area (Å²) < 4.78 is 38.4. The van der Waals surface area contributed by atoms with Crippen molar-refractivity contribution in [3.8, 4) is 22.8 Å². The first-order valence-electron chi connectivity index (χ1n) is 11.0. The molecule has 0 aliphatic heterocycles. The minimum absolute atomic E-state index is 0.0873. The highest BCUT2D eigenvalue weighted by Gasteiger charge is 2.28. The van der Waals surface area contributed by atoms with Crippen LogP contribution in [0.3, 0.4) is 0 Å². The molecule has 7 nitrogen and oxygen atoms in total. The number of hydrogen-bond donors (Lipinski definition) is 2. The van der Waals surface area contributed by atoms with Crippen molar-refractivity contribution >= 4 is 17.5 Å². The maximum absolute atomic E-state index is 14.5. The van der Waals surface area contributed by atoms with Crippen LogP contribution < -0.4 is 20.1 Å². The lowest BCUT2D eigenvalue weighted by molar-refractivity contribution is -0.120. The van der Waals surface area contributed by atoms with Crippen molar-refractivity contribution in [2.75, 3.05) is 24.9 Å². The summed E-state index contributed by atoms with van der Waals surface area (Å²) in [7, 11) is 2.95. The molecule has 2 aromatic heterocycles. The van der Waals surface area contributed by atoms with Gasteiger partial charge in [-0.3, -0.25) is 4.79 Å². The molecule has 2 heterocycles. The number of pyridine rings is 2. The van der Waals surface area contributed by atoms with Crippen LogP contribution >= 0.6 is 0 Å². The number of nitrogens with zero attached hydrogens (tertiary/aromatic N) is 2. The third-order valence-electron chi connectivity index (χ3n) is 5.89. The molecule has 2 unspecified atom stereocenters. The molecule has 1 aliphatic rings. The Balaban J connectivity index is 1.45. The zero-order valence-electron chi connectivity index (χ0n) is 19.0. The summed E-state index contributed by atoms with van der Waals surface area (Å²) >= 11 is 0. The standard InChI is InChI=1S/C25H26F2N4O3/c1-33-21-12-16(26)9-10-18(21)19-13-23(28-14-20(19)27)31-25(32)15-5-3-6-17(11-15)29-22-7-4-8-24(30-22)34-2/h4,7-10,12-15,17H,3,5-6,11H2,1-2H3,(H,29,30)(H,28,31,32). The zero-order chi connectivity index (χ0) is 24.1. The quantitative estimate of drug-likeness (QED) is 0.505. The number of methoxy groups -OCH3 is 2. The van der Waals surface area contributed by atoms with Crippen molar-refractivity contribution in [2.24, 2.45) is 5.92 Å². The minimum Gasteiger partial charge on any atom is -0.496 e. The van der Waals surface area contributed by atoms with Crippen LogP contribution in [0.1, 0.15) is 25.7 Å². The number of rotatable bonds is 7. The summed E-state index contributed by atoms with van der Waals surface area (Å²) in [5.74, 6) is 0.124. The van der Waals surface area contributed by atoms with Crippen LogP contribution in [-0.4, -0.2) is 36.1 Å². The molecule has 0 bridgehead atoms. The Hall–Kier alpha value is -3.75. The van der Waals surface area contributed by atoms with Gasteiger partial charge in [-0.25, -0.2) is 13.8 Å². The molecule has 1 aliphatic carbocycles. The summed E-state index contributed by atoms with van der Waals surface area (Å²) in [5, 5.41) is 6.18. The fourth-order valence-electron chi connectivity index (χ4n) is 4.21. The Morgan fingerprint density at radius 3 is 2.68 bits per heavy atom. The highest BCUT2D eigenvalue weighted by molar-refractivity contribution is 5.92. The molecule has 1 amide bonds. The van der Waals surface area contributed by atoms with Crippen LogP contribution in [0, 0.1) is 17.6 Å². The number of hydrogen-bond acceptors (Lipinski definition) is 6. The third-order valence-corrected chi connectivity index (χ3v) is 5.89. The molecular weight excluding hydrogens is 442 g/mol. The summed E-state index contributed by atoms with van der Waals surface area (Å²) in [6, 6.07) is 10.8. The molecule has 178 valence electrons. The number of anilines is 2. The minimum atomic E-state index is -0.601. The van der Waals surface area contributed by atoms with E-state index in [0.717, 1.165) is 25.5 Å². The van der Waals surface area contributed by atoms with Crippen molar-refractivity contribution in [2.45, 2.75) is 31.7 Å². The molecule has 2 N–H and O–H groups in total. The van der Waals surface area contributed by atoms with E-state index in [1.165, 1.54) is 31.4 Å². The number of carbonyl (C=O) groups excluding carboxylic acids is 1. The van der Waals surface area contributed by atoms with Crippen molar-refractivity contribution in [1.82, 2.24) is 9.97 Å². The number of ether oxygens (including phenoxy) is 2. The normalized spacial score (nSPS) is 17.6. The van der Waals surface area contributed by atoms with E-state index in [1.54, 1.807) is 13.2 Å². The monoisotopic (exact) mass is 468 g/mol. The lowest BCUT2D eigenvalue weighted by atomic mass is 9.85. The highest BCUT2D eigenvalue weighted by Crippen LogP contribution is 2.34. The first-order valence-corrected chi connectivity index (χ1v) is 11.0. The van der Waals surface area contributed by atoms with Crippen molar-refractivity contribution < 1.29 is 23.0 Å². The molecule has 34 heavy (non-hydrogen) atoms. The number of aromatic nitrogens is 2. The Morgan fingerprint density at radius 1 is 1.03 bits per heavy atom. The highest BCUT2D eigenvalue weighted by atomic mass is 19.1. The van der Waals surface area contributed by atoms with E-state index in [-0.39, 0.29) is 35.0 Å². The fraction of sp³-hybridized carbons (Fsp3) is 0.320. The van der Waals surface area contributed by atoms with Gasteiger partial charge in [-0.1, -0.05) is 12.5 Å². The van der Waals surface area contributed by atoms with Gasteiger partial charge >= 0.3 is 0 Å². The largest absolute Gasteiger partial charge is 0.496 e. The summed E-state index contributed by atoms with van der Waals surface area (Å²) in [6.45, 7) is 0. The molecule has 3 aromatic rings. The van der Waals surface area contributed by atoms with Gasteiger partial charge in [0.05, 0.1) is 20.4 Å². The van der Waals surface area contributed by atoms with Crippen LogP contribution in [0.2, 0.25) is 0 Å². The van der Waals surface area contributed by atoms with Crippen LogP contribution in [0.4, 0.5) is 20.4 Å². The summed E-state index contributed by atoms with van der Waals surface area (Å²) in [6.07, 6.45) is 4.22. The predicted octanol–water partition coefficient (Wildman–Crippen LogP) is 5.05. The van der Waals surface area contributed by atoms with Crippen molar-refractivity contribution in [1.29, 1.82) is 0 Å². The van der Waals surface area contributed by atoms with E-state index in [9.17, 15) is 13.6 Å². The van der Waals surface area contributed by atoms with Gasteiger partial charge in [0.15, 0.2) is 0 Å². The van der Waals surface area contributed by atoms with E-state index >= 15 is 0 Å². The second kappa shape index (κ2) is 10.5. The Bertz CT molecular complexity index is 1170. The van der Waals surface area contributed by atoms with E-state index in [1.807, 2.05) is 12.1 Å². The smallest absolute Gasteiger partial charge is 0.228 e. The topological polar surface area (TPSA) is 85.4 Å². The Labute approximate surface area is 196 Å². The van der Waals surface area contributed by atoms with Crippen molar-refractivity contribution in [3.05, 3.63) is 60.3 Å². The molecule has 0 saturated heterocycles. The summed E-state index contributed by atoms with van der Waals surface area (Å²) in [4.78, 5) is 21.4. The van der Waals surface area contributed by atoms with Gasteiger partial charge in [0.1, 0.15) is 29.0 Å². The molecule has 2 atom stereocenters. The number of amides is 1. The molecular formula is C25H26F2N4O3. The van der Waals surface area contributed by atoms with Crippen LogP contribution in [0.15, 0.2) is 48.7 Å². The number of nitrogens with one attached hydrogen (secondary N) is 2. The van der Waals surface area contributed by atoms with E-state index in [4.69, 9.17) is 9.47 Å². The number of benzene rings is 1. The first-order chi connectivity index (χ1) is 16.5. The van der Waals surface area contributed by atoms with E-state index in [2.05, 4.69) is 20.6 Å². The summed E-state index contributed by atoms with van der Waals surface area (Å²) in [5.41, 5.74) is 0.529. The maximum atomic E-state index is 14.5. The zero-order valence-corrected chi connectivity index (χ0v) is 19.0. The molecule has 0 radical (unpaired) electrons. The molecule has 9 heteroatoms. The molecule has 1 saturated carbocycles.